The van der Waals surface area contributed by atoms with Crippen molar-refractivity contribution in [1.82, 2.24) is 14.7 Å². The van der Waals surface area contributed by atoms with Gasteiger partial charge in [-0.05, 0) is 62.2 Å². The number of halogens is 1. The molecule has 7 nitrogen and oxygen atoms in total. The van der Waals surface area contributed by atoms with Crippen LogP contribution in [0.25, 0.3) is 16.9 Å². The molecule has 1 N–H and O–H groups in total. The second kappa shape index (κ2) is 10.1. The van der Waals surface area contributed by atoms with Gasteiger partial charge >= 0.3 is 11.9 Å². The maximum absolute atomic E-state index is 11.7. The van der Waals surface area contributed by atoms with Crippen molar-refractivity contribution >= 4 is 23.5 Å². The van der Waals surface area contributed by atoms with Gasteiger partial charge in [-0.15, -0.1) is 0 Å². The van der Waals surface area contributed by atoms with Crippen LogP contribution in [-0.4, -0.2) is 51.9 Å². The number of aryl methyl sites for hydroxylation is 1. The third kappa shape index (κ3) is 5.44. The highest BCUT2D eigenvalue weighted by Gasteiger charge is 2.19. The van der Waals surface area contributed by atoms with E-state index in [9.17, 15) is 9.59 Å². The van der Waals surface area contributed by atoms with Gasteiger partial charge in [0.15, 0.2) is 0 Å². The Labute approximate surface area is 185 Å². The first-order chi connectivity index (χ1) is 14.9. The molecule has 0 unspecified atom stereocenters. The zero-order chi connectivity index (χ0) is 22.4. The molecule has 3 aromatic rings. The summed E-state index contributed by atoms with van der Waals surface area (Å²) < 4.78 is 7.10. The first kappa shape index (κ1) is 22.4. The van der Waals surface area contributed by atoms with Crippen LogP contribution < -0.4 is 4.74 Å². The number of aliphatic carboxylic acids is 1. The van der Waals surface area contributed by atoms with Gasteiger partial charge in [-0.2, -0.15) is 5.10 Å². The van der Waals surface area contributed by atoms with Gasteiger partial charge in [-0.25, -0.2) is 9.48 Å². The standard InChI is InChI=1S/C23H24ClN3O4/c1-3-26(22(28)23(29)30)14-4-5-18-15-21(16-6-8-17(24)9-7-16)27(25-18)19-10-12-20(31-2)13-11-19/h6-13,15H,3-5,14H2,1-2H3,(H,29,30). The van der Waals surface area contributed by atoms with Gasteiger partial charge in [0.2, 0.25) is 0 Å². The van der Waals surface area contributed by atoms with Crippen LogP contribution in [0.15, 0.2) is 54.6 Å². The molecule has 1 amide bonds. The molecule has 0 saturated heterocycles. The molecule has 3 rings (SSSR count). The lowest BCUT2D eigenvalue weighted by atomic mass is 10.1. The molecule has 0 saturated carbocycles. The molecule has 0 atom stereocenters. The molecule has 0 aliphatic rings. The van der Waals surface area contributed by atoms with Gasteiger partial charge in [0.25, 0.3) is 0 Å². The molecule has 0 aliphatic carbocycles. The van der Waals surface area contributed by atoms with Gasteiger partial charge < -0.3 is 14.7 Å². The fourth-order valence-corrected chi connectivity index (χ4v) is 3.41. The number of ether oxygens (including phenoxy) is 1. The maximum Gasteiger partial charge on any atom is 0.394 e. The van der Waals surface area contributed by atoms with Gasteiger partial charge in [0.1, 0.15) is 5.75 Å². The van der Waals surface area contributed by atoms with Crippen LogP contribution in [0.5, 0.6) is 5.75 Å². The SMILES string of the molecule is CCN(CCCc1cc(-c2ccc(Cl)cc2)n(-c2ccc(OC)cc2)n1)C(=O)C(=O)O. The number of carboxylic acids is 1. The zero-order valence-electron chi connectivity index (χ0n) is 17.4. The smallest absolute Gasteiger partial charge is 0.394 e. The molecule has 0 bridgehead atoms. The Morgan fingerprint density at radius 3 is 2.39 bits per heavy atom. The van der Waals surface area contributed by atoms with Crippen molar-refractivity contribution in [1.29, 1.82) is 0 Å². The van der Waals surface area contributed by atoms with Crippen molar-refractivity contribution in [3.05, 3.63) is 65.3 Å². The lowest BCUT2D eigenvalue weighted by molar-refractivity contribution is -0.155. The van der Waals surface area contributed by atoms with Crippen LogP contribution in [0.4, 0.5) is 0 Å². The van der Waals surface area contributed by atoms with Crippen LogP contribution in [0, 0.1) is 0 Å². The molecular weight excluding hydrogens is 418 g/mol. The summed E-state index contributed by atoms with van der Waals surface area (Å²) in [5.74, 6) is -1.56. The van der Waals surface area contributed by atoms with Gasteiger partial charge in [-0.3, -0.25) is 4.79 Å². The summed E-state index contributed by atoms with van der Waals surface area (Å²) in [4.78, 5) is 24.0. The monoisotopic (exact) mass is 441 g/mol. The highest BCUT2D eigenvalue weighted by Crippen LogP contribution is 2.27. The Kier molecular flexibility index (Phi) is 7.31. The number of likely N-dealkylation sites (N-methyl/N-ethyl adjacent to an activating group) is 1. The minimum atomic E-state index is -1.43. The minimum absolute atomic E-state index is 0.349. The van der Waals surface area contributed by atoms with E-state index in [1.54, 1.807) is 14.0 Å². The number of benzene rings is 2. The topological polar surface area (TPSA) is 84.7 Å². The van der Waals surface area contributed by atoms with Crippen LogP contribution in [0.1, 0.15) is 19.0 Å². The lowest BCUT2D eigenvalue weighted by Gasteiger charge is -2.17. The molecule has 1 aromatic heterocycles. The molecule has 1 heterocycles. The van der Waals surface area contributed by atoms with Crippen LogP contribution in [0.2, 0.25) is 5.02 Å². The zero-order valence-corrected chi connectivity index (χ0v) is 18.2. The van der Waals surface area contributed by atoms with E-state index >= 15 is 0 Å². The van der Waals surface area contributed by atoms with Crippen molar-refractivity contribution in [3.63, 3.8) is 0 Å². The van der Waals surface area contributed by atoms with Crippen LogP contribution in [0.3, 0.4) is 0 Å². The van der Waals surface area contributed by atoms with E-state index < -0.39 is 11.9 Å². The number of methoxy groups -OCH3 is 1. The molecule has 0 spiro atoms. The largest absolute Gasteiger partial charge is 0.497 e. The fraction of sp³-hybridized carbons (Fsp3) is 0.261. The van der Waals surface area contributed by atoms with Crippen molar-refractivity contribution in [2.45, 2.75) is 19.8 Å². The first-order valence-electron chi connectivity index (χ1n) is 9.94. The van der Waals surface area contributed by atoms with E-state index in [1.807, 2.05) is 59.3 Å². The first-order valence-corrected chi connectivity index (χ1v) is 10.3. The van der Waals surface area contributed by atoms with E-state index in [0.717, 1.165) is 28.4 Å². The molecule has 162 valence electrons. The van der Waals surface area contributed by atoms with Crippen LogP contribution >= 0.6 is 11.6 Å². The second-order valence-electron chi connectivity index (χ2n) is 6.93. The van der Waals surface area contributed by atoms with Gasteiger partial charge in [0, 0.05) is 23.7 Å². The molecule has 2 aromatic carbocycles. The lowest BCUT2D eigenvalue weighted by Crippen LogP contribution is -2.37. The van der Waals surface area contributed by atoms with Crippen molar-refractivity contribution in [2.75, 3.05) is 20.2 Å². The highest BCUT2D eigenvalue weighted by atomic mass is 35.5. The number of hydrogen-bond acceptors (Lipinski definition) is 4. The van der Waals surface area contributed by atoms with Crippen molar-refractivity contribution < 1.29 is 19.4 Å². The molecule has 0 radical (unpaired) electrons. The molecule has 0 fully saturated rings. The number of nitrogens with zero attached hydrogens (tertiary/aromatic N) is 3. The van der Waals surface area contributed by atoms with Crippen molar-refractivity contribution in [2.24, 2.45) is 0 Å². The number of carbonyl (C=O) groups is 2. The van der Waals surface area contributed by atoms with E-state index in [1.165, 1.54) is 4.90 Å². The van der Waals surface area contributed by atoms with E-state index in [0.29, 0.717) is 31.0 Å². The highest BCUT2D eigenvalue weighted by molar-refractivity contribution is 6.31. The van der Waals surface area contributed by atoms with Crippen molar-refractivity contribution in [3.8, 4) is 22.7 Å². The number of hydrogen-bond donors (Lipinski definition) is 1. The summed E-state index contributed by atoms with van der Waals surface area (Å²) in [5, 5.41) is 14.3. The normalized spacial score (nSPS) is 10.7. The summed E-state index contributed by atoms with van der Waals surface area (Å²) in [6.07, 6.45) is 1.21. The van der Waals surface area contributed by atoms with Gasteiger partial charge in [0.05, 0.1) is 24.2 Å². The molecular formula is C23H24ClN3O4. The van der Waals surface area contributed by atoms with Crippen LogP contribution in [-0.2, 0) is 16.0 Å². The average molecular weight is 442 g/mol. The Hall–Kier alpha value is -3.32. The summed E-state index contributed by atoms with van der Waals surface area (Å²) >= 11 is 6.04. The Morgan fingerprint density at radius 2 is 1.81 bits per heavy atom. The average Bonchev–Trinajstić information content (AvgIpc) is 3.21. The minimum Gasteiger partial charge on any atom is -0.497 e. The molecule has 0 aliphatic heterocycles. The van der Waals surface area contributed by atoms with E-state index in [4.69, 9.17) is 26.5 Å². The number of carboxylic acid groups (broad SMARTS) is 1. The molecule has 31 heavy (non-hydrogen) atoms. The predicted octanol–water partition coefficient (Wildman–Crippen LogP) is 4.07. The molecule has 8 heteroatoms. The number of amides is 1. The third-order valence-corrected chi connectivity index (χ3v) is 5.18. The second-order valence-corrected chi connectivity index (χ2v) is 7.37. The number of aromatic nitrogens is 2. The Morgan fingerprint density at radius 1 is 1.13 bits per heavy atom. The Bertz CT molecular complexity index is 1050. The fourth-order valence-electron chi connectivity index (χ4n) is 3.29. The van der Waals surface area contributed by atoms with E-state index in [-0.39, 0.29) is 0 Å². The number of carbonyl (C=O) groups excluding carboxylic acids is 1. The quantitative estimate of drug-likeness (QED) is 0.533. The summed E-state index contributed by atoms with van der Waals surface area (Å²) in [6.45, 7) is 2.46. The predicted molar refractivity (Wildman–Crippen MR) is 119 cm³/mol. The van der Waals surface area contributed by atoms with Gasteiger partial charge in [-0.1, -0.05) is 23.7 Å². The maximum atomic E-state index is 11.7. The number of rotatable bonds is 8. The third-order valence-electron chi connectivity index (χ3n) is 4.93. The van der Waals surface area contributed by atoms with E-state index in [2.05, 4.69) is 0 Å². The summed E-state index contributed by atoms with van der Waals surface area (Å²) in [6, 6.07) is 17.2. The Balaban J connectivity index is 1.85. The summed E-state index contributed by atoms with van der Waals surface area (Å²) in [5.41, 5.74) is 3.61. The summed E-state index contributed by atoms with van der Waals surface area (Å²) in [7, 11) is 1.62.